The lowest BCUT2D eigenvalue weighted by Crippen LogP contribution is -2.20. The number of hydrogen-bond donors (Lipinski definition) is 3. The van der Waals surface area contributed by atoms with E-state index in [-0.39, 0.29) is 11.8 Å². The summed E-state index contributed by atoms with van der Waals surface area (Å²) in [5.74, 6) is 0.735. The number of amides is 2. The van der Waals surface area contributed by atoms with E-state index in [2.05, 4.69) is 20.8 Å². The quantitative estimate of drug-likeness (QED) is 0.811. The molecule has 2 aromatic rings. The van der Waals surface area contributed by atoms with E-state index in [0.29, 0.717) is 22.8 Å². The van der Waals surface area contributed by atoms with Gasteiger partial charge in [-0.1, -0.05) is 6.92 Å². The van der Waals surface area contributed by atoms with Crippen LogP contribution in [0.2, 0.25) is 0 Å². The summed E-state index contributed by atoms with van der Waals surface area (Å²) in [5, 5.41) is 12.3. The number of rotatable bonds is 3. The Kier molecular flexibility index (Phi) is 3.66. The van der Waals surface area contributed by atoms with Gasteiger partial charge in [0.05, 0.1) is 17.6 Å². The third kappa shape index (κ3) is 2.78. The van der Waals surface area contributed by atoms with Crippen molar-refractivity contribution >= 4 is 35.1 Å². The Labute approximate surface area is 125 Å². The third-order valence-corrected chi connectivity index (χ3v) is 4.29. The summed E-state index contributed by atoms with van der Waals surface area (Å²) < 4.78 is 0. The summed E-state index contributed by atoms with van der Waals surface area (Å²) >= 11 is 1.47. The lowest BCUT2D eigenvalue weighted by atomic mass is 10.1. The molecule has 0 unspecified atom stereocenters. The molecule has 0 saturated carbocycles. The van der Waals surface area contributed by atoms with Crippen molar-refractivity contribution < 1.29 is 9.59 Å². The SMILES string of the molecule is CCc1cn[nH]c1NC(=O)c1ccc2c(c1)NC(=O)CS2. The molecule has 108 valence electrons. The standard InChI is InChI=1S/C14H14N4O2S/c1-2-8-6-15-18-13(8)17-14(20)9-3-4-11-10(5-9)16-12(19)7-21-11/h3-6H,2,7H2,1H3,(H,16,19)(H2,15,17,18,20). The topological polar surface area (TPSA) is 86.9 Å². The van der Waals surface area contributed by atoms with Crippen molar-refractivity contribution in [1.29, 1.82) is 0 Å². The van der Waals surface area contributed by atoms with Crippen LogP contribution in [-0.2, 0) is 11.2 Å². The molecule has 1 aliphatic rings. The Balaban J connectivity index is 1.82. The largest absolute Gasteiger partial charge is 0.324 e. The number of nitrogens with zero attached hydrogens (tertiary/aromatic N) is 1. The number of nitrogens with one attached hydrogen (secondary N) is 3. The maximum absolute atomic E-state index is 12.3. The van der Waals surface area contributed by atoms with Crippen molar-refractivity contribution in [2.24, 2.45) is 0 Å². The molecule has 1 aliphatic heterocycles. The van der Waals surface area contributed by atoms with E-state index >= 15 is 0 Å². The van der Waals surface area contributed by atoms with Crippen LogP contribution in [0.1, 0.15) is 22.8 Å². The van der Waals surface area contributed by atoms with Crippen LogP contribution in [0.5, 0.6) is 0 Å². The number of H-pyrrole nitrogens is 1. The Hall–Kier alpha value is -2.28. The minimum Gasteiger partial charge on any atom is -0.324 e. The molecule has 0 bridgehead atoms. The molecule has 21 heavy (non-hydrogen) atoms. The van der Waals surface area contributed by atoms with Crippen LogP contribution in [0.3, 0.4) is 0 Å². The number of anilines is 2. The number of carbonyl (C=O) groups is 2. The van der Waals surface area contributed by atoms with Gasteiger partial charge in [0, 0.05) is 16.0 Å². The van der Waals surface area contributed by atoms with Gasteiger partial charge in [-0.2, -0.15) is 5.10 Å². The van der Waals surface area contributed by atoms with Gasteiger partial charge < -0.3 is 10.6 Å². The second-order valence-corrected chi connectivity index (χ2v) is 5.64. The predicted octanol–water partition coefficient (Wildman–Crippen LogP) is 2.27. The summed E-state index contributed by atoms with van der Waals surface area (Å²) in [6.45, 7) is 1.99. The van der Waals surface area contributed by atoms with Gasteiger partial charge in [0.1, 0.15) is 5.82 Å². The van der Waals surface area contributed by atoms with Gasteiger partial charge in [0.15, 0.2) is 0 Å². The highest BCUT2D eigenvalue weighted by Gasteiger charge is 2.18. The van der Waals surface area contributed by atoms with Gasteiger partial charge in [0.25, 0.3) is 5.91 Å². The zero-order valence-electron chi connectivity index (χ0n) is 11.4. The highest BCUT2D eigenvalue weighted by atomic mass is 32.2. The van der Waals surface area contributed by atoms with E-state index in [4.69, 9.17) is 0 Å². The maximum atomic E-state index is 12.3. The van der Waals surface area contributed by atoms with Gasteiger partial charge in [0.2, 0.25) is 5.91 Å². The van der Waals surface area contributed by atoms with Crippen molar-refractivity contribution in [3.8, 4) is 0 Å². The zero-order chi connectivity index (χ0) is 14.8. The summed E-state index contributed by atoms with van der Waals surface area (Å²) in [5.41, 5.74) is 2.13. The molecule has 0 saturated heterocycles. The van der Waals surface area contributed by atoms with Crippen LogP contribution in [0, 0.1) is 0 Å². The van der Waals surface area contributed by atoms with Gasteiger partial charge in [-0.15, -0.1) is 11.8 Å². The summed E-state index contributed by atoms with van der Waals surface area (Å²) in [6, 6.07) is 5.29. The fourth-order valence-electron chi connectivity index (χ4n) is 2.10. The smallest absolute Gasteiger partial charge is 0.256 e. The van der Waals surface area contributed by atoms with E-state index in [9.17, 15) is 9.59 Å². The molecule has 0 fully saturated rings. The fraction of sp³-hybridized carbons (Fsp3) is 0.214. The first-order chi connectivity index (χ1) is 10.2. The molecule has 3 N–H and O–H groups in total. The number of aromatic nitrogens is 2. The van der Waals surface area contributed by atoms with Crippen molar-refractivity contribution in [3.05, 3.63) is 35.5 Å². The Bertz CT molecular complexity index is 711. The second-order valence-electron chi connectivity index (χ2n) is 4.63. The molecule has 6 nitrogen and oxygen atoms in total. The molecule has 0 radical (unpaired) electrons. The van der Waals surface area contributed by atoms with Crippen LogP contribution in [0.4, 0.5) is 11.5 Å². The first-order valence-corrected chi connectivity index (χ1v) is 7.56. The molecule has 7 heteroatoms. The number of fused-ring (bicyclic) bond motifs is 1. The van der Waals surface area contributed by atoms with Crippen molar-refractivity contribution in [1.82, 2.24) is 10.2 Å². The minimum atomic E-state index is -0.235. The number of aromatic amines is 1. The number of thioether (sulfide) groups is 1. The van der Waals surface area contributed by atoms with E-state index in [1.807, 2.05) is 13.0 Å². The maximum Gasteiger partial charge on any atom is 0.256 e. The number of aryl methyl sites for hydroxylation is 1. The monoisotopic (exact) mass is 302 g/mol. The first kappa shape index (κ1) is 13.7. The highest BCUT2D eigenvalue weighted by molar-refractivity contribution is 8.00. The Morgan fingerprint density at radius 1 is 1.48 bits per heavy atom. The van der Waals surface area contributed by atoms with E-state index in [1.165, 1.54) is 11.8 Å². The van der Waals surface area contributed by atoms with E-state index in [0.717, 1.165) is 16.9 Å². The lowest BCUT2D eigenvalue weighted by Gasteiger charge is -2.16. The lowest BCUT2D eigenvalue weighted by molar-refractivity contribution is -0.113. The van der Waals surface area contributed by atoms with Crippen LogP contribution in [0.15, 0.2) is 29.3 Å². The summed E-state index contributed by atoms with van der Waals surface area (Å²) in [6.07, 6.45) is 2.47. The molecule has 0 atom stereocenters. The van der Waals surface area contributed by atoms with Gasteiger partial charge in [-0.25, -0.2) is 0 Å². The van der Waals surface area contributed by atoms with Crippen molar-refractivity contribution in [3.63, 3.8) is 0 Å². The van der Waals surface area contributed by atoms with Crippen LogP contribution in [0.25, 0.3) is 0 Å². The molecular weight excluding hydrogens is 288 g/mol. The molecule has 1 aromatic heterocycles. The van der Waals surface area contributed by atoms with Gasteiger partial charge >= 0.3 is 0 Å². The highest BCUT2D eigenvalue weighted by Crippen LogP contribution is 2.32. The molecule has 1 aromatic carbocycles. The number of hydrogen-bond acceptors (Lipinski definition) is 4. The van der Waals surface area contributed by atoms with E-state index < -0.39 is 0 Å². The molecule has 3 rings (SSSR count). The van der Waals surface area contributed by atoms with Gasteiger partial charge in [-0.05, 0) is 24.6 Å². The molecule has 2 heterocycles. The molecule has 0 spiro atoms. The molecule has 2 amide bonds. The number of benzene rings is 1. The predicted molar refractivity (Wildman–Crippen MR) is 81.7 cm³/mol. The van der Waals surface area contributed by atoms with E-state index in [1.54, 1.807) is 18.3 Å². The normalized spacial score (nSPS) is 13.5. The van der Waals surface area contributed by atoms with Crippen LogP contribution in [-0.4, -0.2) is 27.8 Å². The summed E-state index contributed by atoms with van der Waals surface area (Å²) in [4.78, 5) is 24.6. The molecular formula is C14H14N4O2S. The van der Waals surface area contributed by atoms with Crippen molar-refractivity contribution in [2.75, 3.05) is 16.4 Å². The first-order valence-electron chi connectivity index (χ1n) is 6.57. The van der Waals surface area contributed by atoms with Crippen LogP contribution < -0.4 is 10.6 Å². The molecule has 0 aliphatic carbocycles. The van der Waals surface area contributed by atoms with Crippen LogP contribution >= 0.6 is 11.8 Å². The third-order valence-electron chi connectivity index (χ3n) is 3.21. The fourth-order valence-corrected chi connectivity index (χ4v) is 2.89. The minimum absolute atomic E-state index is 0.0492. The van der Waals surface area contributed by atoms with Gasteiger partial charge in [-0.3, -0.25) is 14.7 Å². The Morgan fingerprint density at radius 2 is 2.33 bits per heavy atom. The zero-order valence-corrected chi connectivity index (χ0v) is 12.2. The number of carbonyl (C=O) groups excluding carboxylic acids is 2. The van der Waals surface area contributed by atoms with Crippen molar-refractivity contribution in [2.45, 2.75) is 18.2 Å². The second kappa shape index (κ2) is 5.61. The summed E-state index contributed by atoms with van der Waals surface area (Å²) in [7, 11) is 0. The Morgan fingerprint density at radius 3 is 3.14 bits per heavy atom. The average Bonchev–Trinajstić information content (AvgIpc) is 2.93. The average molecular weight is 302 g/mol.